The molecule has 13 N–H and O–H groups in total. The summed E-state index contributed by atoms with van der Waals surface area (Å²) in [7, 11) is 5.04. The Bertz CT molecular complexity index is 3540. The van der Waals surface area contributed by atoms with E-state index in [4.69, 9.17) is 61.8 Å². The second-order valence-corrected chi connectivity index (χ2v) is 42.9. The number of aliphatic hydroxyl groups excluding tert-OH is 5. The smallest absolute Gasteiger partial charge is 0.311 e. The van der Waals surface area contributed by atoms with Gasteiger partial charge in [-0.2, -0.15) is 0 Å². The molecule has 0 radical (unpaired) electrons. The van der Waals surface area contributed by atoms with Gasteiger partial charge in [0.05, 0.1) is 99.9 Å². The number of ether oxygens (including phenoxy) is 11. The van der Waals surface area contributed by atoms with Gasteiger partial charge in [-0.25, -0.2) is 0 Å². The molecule has 0 amide bonds. The highest BCUT2D eigenvalue weighted by Gasteiger charge is 2.59. The summed E-state index contributed by atoms with van der Waals surface area (Å²) in [5.41, 5.74) is -9.08. The fourth-order valence-electron chi connectivity index (χ4n) is 22.2. The van der Waals surface area contributed by atoms with E-state index in [1.807, 2.05) is 111 Å². The standard InChI is InChI=1S/C35H64N2O10.C34H62N2O10.C28H52N2O6.3C2H6.CH4/c1-12-26-35(10,42)30(38)21(4)28(37-47-25-14-13-15-36-18-25)19(2)16-33(8,41)23(6)20(3)29(22(5)32(40)45-26)46-27-17-34(9,43-11)31(39)24(7)44-27;1-12-25-34(10,41)29(37)20(4)27(36-46-24-13-14-35-17-24)18(2)15-32(8,40)22(6)19(3)28(21(5)31(39)44-25)45-26-16-33(9,42-11)30(38)23(7)43-26;1-10-22-27(8,33)24(31)21(6)30(9)16-17(2)15-26(7)20(5)18(3)23(19(4)25(32)34-22)35-28(36-26)11-13-29-14-12-28;3*1-2;/h19-27,29-31,36,38-39,41-42H,12-18H2,1-11H3;18-26,28-30,35,37-38,40-41H,12-17H2,1-11H3;17-24,29,31,33H,10-16H2,1-9H3;3*1-2H3;1H4/t19-,20-,21+,22-,23-,24+,25?,26-,27+,29+,30-,31+,33-,34-,35-;18-,19-,20+,21-,22-,23+,24?,25-,26+,28+,29-,30+,32-,33-,34-;17-,18-,19-,20-,21-,22-,23+,24-,26-,27-;;;;/m111..../s1. The quantitative estimate of drug-likeness (QED) is 0.0463. The van der Waals surface area contributed by atoms with Gasteiger partial charge < -0.3 is 134 Å². The lowest BCUT2D eigenvalue weighted by molar-refractivity contribution is -0.307. The lowest BCUT2D eigenvalue weighted by Crippen LogP contribution is -2.59. The third-order valence-electron chi connectivity index (χ3n) is 32.5. The van der Waals surface area contributed by atoms with Crippen LogP contribution < -0.4 is 16.0 Å². The molecule has 2 bridgehead atoms. The van der Waals surface area contributed by atoms with Gasteiger partial charge in [-0.3, -0.25) is 14.4 Å². The molecule has 32 heteroatoms. The summed E-state index contributed by atoms with van der Waals surface area (Å²) in [6.45, 7) is 69.2. The minimum atomic E-state index is -1.84. The van der Waals surface area contributed by atoms with Crippen molar-refractivity contribution in [1.29, 1.82) is 0 Å². The van der Waals surface area contributed by atoms with Gasteiger partial charge in [-0.15, -0.1) is 0 Å². The number of likely N-dealkylation sites (N-methyl/N-ethyl adjacent to an activating group) is 1. The van der Waals surface area contributed by atoms with Crippen molar-refractivity contribution in [3.63, 3.8) is 0 Å². The monoisotopic (exact) mass is 1950 g/mol. The van der Waals surface area contributed by atoms with E-state index in [9.17, 15) is 65.4 Å². The summed E-state index contributed by atoms with van der Waals surface area (Å²) in [6, 6.07) is -0.332. The van der Waals surface area contributed by atoms with E-state index in [1.54, 1.807) is 90.0 Å². The molecule has 9 fully saturated rings. The number of nitrogens with one attached hydrogen (secondary N) is 3. The fourth-order valence-corrected chi connectivity index (χ4v) is 22.2. The number of methoxy groups -OCH3 is 2. The van der Waals surface area contributed by atoms with Crippen LogP contribution in [0.5, 0.6) is 0 Å². The Kier molecular flexibility index (Phi) is 50.8. The third-order valence-corrected chi connectivity index (χ3v) is 32.5. The number of hydrogen-bond donors (Lipinski definition) is 13. The number of aliphatic hydroxyl groups is 10. The van der Waals surface area contributed by atoms with Crippen LogP contribution in [0.15, 0.2) is 10.3 Å². The normalized spacial score (nSPS) is 46.3. The lowest BCUT2D eigenvalue weighted by atomic mass is 9.70. The molecule has 40 atom stereocenters. The van der Waals surface area contributed by atoms with Gasteiger partial charge in [-0.05, 0) is 210 Å². The van der Waals surface area contributed by atoms with E-state index in [1.165, 1.54) is 28.1 Å². The molecule has 9 saturated heterocycles. The highest BCUT2D eigenvalue weighted by atomic mass is 16.7. The van der Waals surface area contributed by atoms with Crippen molar-refractivity contribution in [2.24, 2.45) is 93.2 Å². The Balaban J connectivity index is 0.000000513. The zero-order chi connectivity index (χ0) is 103. The van der Waals surface area contributed by atoms with Crippen LogP contribution in [0.25, 0.3) is 0 Å². The van der Waals surface area contributed by atoms with Gasteiger partial charge in [0.25, 0.3) is 0 Å². The summed E-state index contributed by atoms with van der Waals surface area (Å²) in [5.74, 6) is -7.70. The maximum Gasteiger partial charge on any atom is 0.311 e. The average molecular weight is 1950 g/mol. The lowest BCUT2D eigenvalue weighted by Gasteiger charge is -2.47. The van der Waals surface area contributed by atoms with Crippen LogP contribution in [0.2, 0.25) is 0 Å². The summed E-state index contributed by atoms with van der Waals surface area (Å²) >= 11 is 0. The number of esters is 3. The summed E-state index contributed by atoms with van der Waals surface area (Å²) in [4.78, 5) is 55.3. The topological polar surface area (TPSA) is 438 Å². The maximum atomic E-state index is 13.9. The van der Waals surface area contributed by atoms with E-state index in [0.717, 1.165) is 71.2 Å². The van der Waals surface area contributed by atoms with Crippen molar-refractivity contribution >= 4 is 29.3 Å². The summed E-state index contributed by atoms with van der Waals surface area (Å²) < 4.78 is 68.4. The van der Waals surface area contributed by atoms with Crippen molar-refractivity contribution in [2.45, 2.75) is 487 Å². The van der Waals surface area contributed by atoms with E-state index in [2.05, 4.69) is 58.9 Å². The molecular formula is C104H200N6O26. The number of nitrogens with zero attached hydrogens (tertiary/aromatic N) is 3. The first kappa shape index (κ1) is 127. The molecule has 2 unspecified atom stereocenters. The van der Waals surface area contributed by atoms with Gasteiger partial charge in [0.1, 0.15) is 65.6 Å². The summed E-state index contributed by atoms with van der Waals surface area (Å²) in [5, 5.41) is 134. The maximum absolute atomic E-state index is 13.9. The van der Waals surface area contributed by atoms with Gasteiger partial charge >= 0.3 is 17.9 Å². The molecule has 9 aliphatic rings. The molecule has 9 aliphatic heterocycles. The molecule has 32 nitrogen and oxygen atoms in total. The highest BCUT2D eigenvalue weighted by molar-refractivity contribution is 5.89. The van der Waals surface area contributed by atoms with E-state index in [0.29, 0.717) is 30.9 Å². The molecule has 9 heterocycles. The zero-order valence-electron chi connectivity index (χ0n) is 90.5. The predicted molar refractivity (Wildman–Crippen MR) is 531 cm³/mol. The van der Waals surface area contributed by atoms with Crippen LogP contribution in [-0.4, -0.2) is 313 Å². The first-order chi connectivity index (χ1) is 62.8. The number of fused-ring (bicyclic) bond motifs is 3. The molecule has 0 aromatic carbocycles. The predicted octanol–water partition coefficient (Wildman–Crippen LogP) is 12.6. The van der Waals surface area contributed by atoms with E-state index >= 15 is 0 Å². The highest BCUT2D eigenvalue weighted by Crippen LogP contribution is 2.50. The van der Waals surface area contributed by atoms with Gasteiger partial charge in [0.2, 0.25) is 0 Å². The van der Waals surface area contributed by atoms with Gasteiger partial charge in [0.15, 0.2) is 18.4 Å². The number of cyclic esters (lactones) is 3. The molecule has 0 saturated carbocycles. The largest absolute Gasteiger partial charge is 0.459 e. The molecule has 0 aromatic rings. The summed E-state index contributed by atoms with van der Waals surface area (Å²) in [6.07, 6.45) is -6.74. The number of carbonyl (C=O) groups is 3. The number of hydrogen-bond acceptors (Lipinski definition) is 32. The number of piperidine rings is 2. The van der Waals surface area contributed by atoms with Crippen molar-refractivity contribution < 1.29 is 127 Å². The molecule has 802 valence electrons. The van der Waals surface area contributed by atoms with Crippen molar-refractivity contribution in [3.05, 3.63) is 0 Å². The Morgan fingerprint density at radius 3 is 1.17 bits per heavy atom. The average Bonchev–Trinajstić information content (AvgIpc) is 1.63. The Morgan fingerprint density at radius 1 is 0.449 bits per heavy atom. The number of oxime groups is 2. The van der Waals surface area contributed by atoms with Crippen LogP contribution in [0.1, 0.15) is 326 Å². The molecule has 136 heavy (non-hydrogen) atoms. The van der Waals surface area contributed by atoms with Crippen LogP contribution in [0.4, 0.5) is 0 Å². The van der Waals surface area contributed by atoms with Gasteiger partial charge in [0, 0.05) is 109 Å². The van der Waals surface area contributed by atoms with Crippen LogP contribution in [-0.2, 0) is 76.2 Å². The van der Waals surface area contributed by atoms with Crippen molar-refractivity contribution in [2.75, 3.05) is 67.1 Å². The third kappa shape index (κ3) is 31.0. The first-order valence-electron chi connectivity index (χ1n) is 51.8. The van der Waals surface area contributed by atoms with Crippen LogP contribution in [0, 0.1) is 82.9 Å². The Morgan fingerprint density at radius 2 is 0.816 bits per heavy atom. The Labute approximate surface area is 820 Å². The molecule has 9 rings (SSSR count). The molecule has 0 aliphatic carbocycles. The van der Waals surface area contributed by atoms with E-state index < -0.39 is 184 Å². The second kappa shape index (κ2) is 54.6. The SMILES string of the molecule is C.CC.CC.CC.CC[C@H]1OC(=O)[C@H](C)[C@@H](O[C@H]2C[C@@](C)(OC)[C@@H](O)[C@H](C)O2)[C@H](C)[C@@H](C)[C@](C)(O)C[C@@H](C)C(=NOC2CCCNC2)[C@H](C)[C@@H](O)[C@]1(C)O.CC[C@H]1OC(=O)[C@H](C)[C@@H](O[C@H]2C[C@@](C)(OC)[C@@H](O)[C@H](C)O2)[C@H](C)[C@@H](C)[C@](C)(O)C[C@@H](C)C(=NOC2CCNC2)[C@H](C)[C@@H](O)[C@]1(C)O.CC[C@H]1OC(=O)[C@H](C)[C@H]2OC3(CCNCC3)O[C@](C)(C[C@@H](C)CN(C)[C@H](C)[C@@H](O)[C@]1(C)O)[C@H](C)[C@H]2C. The minimum absolute atomic E-state index is 0. The van der Waals surface area contributed by atoms with Crippen molar-refractivity contribution in [1.82, 2.24) is 20.9 Å². The number of carbonyl (C=O) groups excluding carboxylic acids is 3. The second-order valence-electron chi connectivity index (χ2n) is 42.9. The van der Waals surface area contributed by atoms with Crippen molar-refractivity contribution in [3.8, 4) is 0 Å². The molecule has 0 aromatic heterocycles. The Hall–Kier alpha value is -3.53. The van der Waals surface area contributed by atoms with Crippen LogP contribution >= 0.6 is 0 Å². The minimum Gasteiger partial charge on any atom is -0.459 e. The number of rotatable bonds is 13. The fraction of sp³-hybridized carbons (Fsp3) is 0.952. The van der Waals surface area contributed by atoms with E-state index in [-0.39, 0.29) is 124 Å². The molecular weight excluding hydrogens is 1750 g/mol. The first-order valence-corrected chi connectivity index (χ1v) is 51.8. The van der Waals surface area contributed by atoms with Gasteiger partial charge in [-0.1, -0.05) is 156 Å². The zero-order valence-corrected chi connectivity index (χ0v) is 90.5. The van der Waals surface area contributed by atoms with Crippen LogP contribution in [0.3, 0.4) is 0 Å². The molecule has 1 spiro atoms.